The van der Waals surface area contributed by atoms with Crippen molar-refractivity contribution in [2.75, 3.05) is 13.2 Å². The first-order valence-corrected chi connectivity index (χ1v) is 15.7. The number of nitrogens with zero attached hydrogens (tertiary/aromatic N) is 5. The van der Waals surface area contributed by atoms with Crippen molar-refractivity contribution in [2.45, 2.75) is 63.0 Å². The molecular formula is C32H32F3N7O9. The molecule has 0 radical (unpaired) electrons. The third kappa shape index (κ3) is 8.97. The number of hydrogen-bond acceptors (Lipinski definition) is 10. The number of alkyl halides is 3. The number of carboxylic acid groups (broad SMARTS) is 1. The van der Waals surface area contributed by atoms with Crippen LogP contribution in [-0.2, 0) is 41.5 Å². The summed E-state index contributed by atoms with van der Waals surface area (Å²) in [6.45, 7) is -0.997. The zero-order valence-corrected chi connectivity index (χ0v) is 26.7. The van der Waals surface area contributed by atoms with Crippen LogP contribution in [0.2, 0.25) is 0 Å². The lowest BCUT2D eigenvalue weighted by Crippen LogP contribution is -2.64. The molecule has 1 aromatic carbocycles. The SMILES string of the molecule is O=C(O)CC(NC(=O)C1CCCN2C(=O)CCC(NC(=O)OCc3ccccc3)C(=O)N12)C(=O)COc1cc(C(F)(F)F)nn1-c1ccccn1. The van der Waals surface area contributed by atoms with Gasteiger partial charge in [0.25, 0.3) is 5.91 Å². The van der Waals surface area contributed by atoms with Crippen molar-refractivity contribution >= 4 is 35.6 Å². The number of alkyl carbamates (subject to hydrolysis) is 1. The van der Waals surface area contributed by atoms with Crippen LogP contribution in [0.5, 0.6) is 5.88 Å². The van der Waals surface area contributed by atoms with Gasteiger partial charge in [-0.1, -0.05) is 36.4 Å². The number of ketones is 1. The van der Waals surface area contributed by atoms with Gasteiger partial charge in [-0.3, -0.25) is 29.0 Å². The summed E-state index contributed by atoms with van der Waals surface area (Å²) in [4.78, 5) is 81.9. The zero-order chi connectivity index (χ0) is 36.7. The van der Waals surface area contributed by atoms with Crippen molar-refractivity contribution in [3.63, 3.8) is 0 Å². The first kappa shape index (κ1) is 36.3. The molecule has 4 heterocycles. The van der Waals surface area contributed by atoms with E-state index in [1.807, 2.05) is 0 Å². The zero-order valence-electron chi connectivity index (χ0n) is 26.7. The van der Waals surface area contributed by atoms with Crippen LogP contribution < -0.4 is 15.4 Å². The maximum absolute atomic E-state index is 13.7. The molecule has 0 bridgehead atoms. The topological polar surface area (TPSA) is 202 Å². The number of nitrogens with one attached hydrogen (secondary N) is 2. The van der Waals surface area contributed by atoms with Crippen molar-refractivity contribution in [2.24, 2.45) is 0 Å². The van der Waals surface area contributed by atoms with Crippen LogP contribution >= 0.6 is 0 Å². The number of carbonyl (C=O) groups excluding carboxylic acids is 5. The number of aliphatic carboxylic acids is 1. The number of aromatic nitrogens is 3. The molecule has 3 atom stereocenters. The van der Waals surface area contributed by atoms with Gasteiger partial charge in [-0.05, 0) is 37.0 Å². The molecule has 2 fully saturated rings. The fourth-order valence-electron chi connectivity index (χ4n) is 5.50. The molecule has 3 aromatic rings. The van der Waals surface area contributed by atoms with Gasteiger partial charge in [-0.2, -0.15) is 23.0 Å². The summed E-state index contributed by atoms with van der Waals surface area (Å²) < 4.78 is 51.6. The van der Waals surface area contributed by atoms with E-state index in [2.05, 4.69) is 20.7 Å². The van der Waals surface area contributed by atoms with Crippen LogP contribution in [0.4, 0.5) is 18.0 Å². The predicted octanol–water partition coefficient (Wildman–Crippen LogP) is 2.02. The average Bonchev–Trinajstić information content (AvgIpc) is 3.52. The number of carboxylic acids is 1. The van der Waals surface area contributed by atoms with E-state index in [-0.39, 0.29) is 44.7 Å². The number of halogens is 3. The van der Waals surface area contributed by atoms with E-state index in [1.54, 1.807) is 30.3 Å². The number of Topliss-reactive ketones (excluding diaryl/α,β-unsaturated/α-hetero) is 1. The van der Waals surface area contributed by atoms with Crippen LogP contribution in [0.1, 0.15) is 43.4 Å². The van der Waals surface area contributed by atoms with Crippen LogP contribution in [0.3, 0.4) is 0 Å². The maximum atomic E-state index is 13.7. The van der Waals surface area contributed by atoms with Gasteiger partial charge in [0.1, 0.15) is 24.7 Å². The molecule has 4 amide bonds. The highest BCUT2D eigenvalue weighted by Crippen LogP contribution is 2.32. The molecule has 3 N–H and O–H groups in total. The number of carbonyl (C=O) groups is 6. The standard InChI is InChI=1S/C32H32F3N7O9/c33-32(34,35)24-16-27(41(39-24)25-10-4-5-13-36-25)50-18-23(43)21(15-28(45)46)37-29(47)22-9-6-14-40-26(44)12-11-20(30(48)42(22)40)38-31(49)51-17-19-7-2-1-3-8-19/h1-5,7-8,10,13,16,20-22H,6,9,11-12,14-15,17-18H2,(H,37,47)(H,38,49)(H,45,46). The molecule has 2 aliphatic rings. The van der Waals surface area contributed by atoms with Gasteiger partial charge in [0.2, 0.25) is 17.7 Å². The smallest absolute Gasteiger partial charge is 0.435 e. The predicted molar refractivity (Wildman–Crippen MR) is 165 cm³/mol. The minimum atomic E-state index is -4.88. The monoisotopic (exact) mass is 715 g/mol. The highest BCUT2D eigenvalue weighted by Gasteiger charge is 2.45. The summed E-state index contributed by atoms with van der Waals surface area (Å²) >= 11 is 0. The quantitative estimate of drug-likeness (QED) is 0.248. The Bertz CT molecular complexity index is 1770. The van der Waals surface area contributed by atoms with Crippen molar-refractivity contribution < 1.29 is 56.5 Å². The summed E-state index contributed by atoms with van der Waals surface area (Å²) in [6, 6.07) is 9.22. The van der Waals surface area contributed by atoms with E-state index in [0.717, 1.165) is 10.0 Å². The van der Waals surface area contributed by atoms with Gasteiger partial charge < -0.3 is 25.2 Å². The fraction of sp³-hybridized carbons (Fsp3) is 0.375. The molecule has 19 heteroatoms. The summed E-state index contributed by atoms with van der Waals surface area (Å²) in [6.07, 6.45) is -5.42. The first-order valence-electron chi connectivity index (χ1n) is 15.7. The Kier molecular flexibility index (Phi) is 11.2. The Labute approximate surface area is 287 Å². The second-order valence-corrected chi connectivity index (χ2v) is 11.5. The number of amides is 4. The molecule has 2 aliphatic heterocycles. The molecule has 5 rings (SSSR count). The molecule has 16 nitrogen and oxygen atoms in total. The molecule has 51 heavy (non-hydrogen) atoms. The largest absolute Gasteiger partial charge is 0.481 e. The lowest BCUT2D eigenvalue weighted by atomic mass is 10.0. The molecule has 0 spiro atoms. The van der Waals surface area contributed by atoms with Crippen molar-refractivity contribution in [1.29, 1.82) is 0 Å². The molecular weight excluding hydrogens is 683 g/mol. The van der Waals surface area contributed by atoms with Gasteiger partial charge in [0.05, 0.1) is 6.42 Å². The minimum absolute atomic E-state index is 0.0144. The van der Waals surface area contributed by atoms with Crippen LogP contribution in [-0.4, -0.2) is 96.7 Å². The number of benzene rings is 1. The number of hydrazine groups is 1. The van der Waals surface area contributed by atoms with E-state index in [0.29, 0.717) is 16.3 Å². The average molecular weight is 716 g/mol. The summed E-state index contributed by atoms with van der Waals surface area (Å²) in [5.41, 5.74) is -0.656. The van der Waals surface area contributed by atoms with Gasteiger partial charge in [-0.15, -0.1) is 0 Å². The van der Waals surface area contributed by atoms with Crippen LogP contribution in [0, 0.1) is 0 Å². The molecule has 270 valence electrons. The summed E-state index contributed by atoms with van der Waals surface area (Å²) in [7, 11) is 0. The second kappa shape index (κ2) is 15.7. The normalized spacial score (nSPS) is 18.3. The van der Waals surface area contributed by atoms with Gasteiger partial charge in [0, 0.05) is 25.2 Å². The van der Waals surface area contributed by atoms with Crippen LogP contribution in [0.25, 0.3) is 5.82 Å². The Morgan fingerprint density at radius 3 is 2.47 bits per heavy atom. The molecule has 3 unspecified atom stereocenters. The van der Waals surface area contributed by atoms with Crippen molar-refractivity contribution in [3.05, 3.63) is 72.1 Å². The van der Waals surface area contributed by atoms with Crippen LogP contribution in [0.15, 0.2) is 60.8 Å². The lowest BCUT2D eigenvalue weighted by molar-refractivity contribution is -0.176. The Balaban J connectivity index is 1.29. The van der Waals surface area contributed by atoms with Gasteiger partial charge in [0.15, 0.2) is 23.9 Å². The van der Waals surface area contributed by atoms with E-state index in [1.165, 1.54) is 24.4 Å². The Morgan fingerprint density at radius 1 is 1.04 bits per heavy atom. The van der Waals surface area contributed by atoms with E-state index in [4.69, 9.17) is 9.47 Å². The van der Waals surface area contributed by atoms with E-state index in [9.17, 15) is 47.0 Å². The summed E-state index contributed by atoms with van der Waals surface area (Å²) in [5, 5.41) is 19.7. The van der Waals surface area contributed by atoms with E-state index >= 15 is 0 Å². The third-order valence-electron chi connectivity index (χ3n) is 7.95. The van der Waals surface area contributed by atoms with E-state index < -0.39 is 84.5 Å². The molecule has 2 aromatic heterocycles. The highest BCUT2D eigenvalue weighted by molar-refractivity contribution is 5.97. The van der Waals surface area contributed by atoms with Crippen molar-refractivity contribution in [1.82, 2.24) is 35.4 Å². The second-order valence-electron chi connectivity index (χ2n) is 11.5. The van der Waals surface area contributed by atoms with Gasteiger partial charge >= 0.3 is 18.2 Å². The Hall–Kier alpha value is -6.01. The summed E-state index contributed by atoms with van der Waals surface area (Å²) in [5.74, 6) is -5.42. The van der Waals surface area contributed by atoms with Gasteiger partial charge in [-0.25, -0.2) is 14.8 Å². The molecule has 0 saturated carbocycles. The fourth-order valence-corrected chi connectivity index (χ4v) is 5.50. The Morgan fingerprint density at radius 2 is 1.78 bits per heavy atom. The number of rotatable bonds is 12. The maximum Gasteiger partial charge on any atom is 0.435 e. The number of ether oxygens (including phenoxy) is 2. The first-order chi connectivity index (χ1) is 24.3. The number of hydrogen-bond donors (Lipinski definition) is 3. The highest BCUT2D eigenvalue weighted by atomic mass is 19.4. The minimum Gasteiger partial charge on any atom is -0.481 e. The molecule has 2 saturated heterocycles. The number of fused-ring (bicyclic) bond motifs is 1. The third-order valence-corrected chi connectivity index (χ3v) is 7.95. The molecule has 0 aliphatic carbocycles. The lowest BCUT2D eigenvalue weighted by Gasteiger charge is -2.43. The number of pyridine rings is 1. The van der Waals surface area contributed by atoms with Crippen molar-refractivity contribution in [3.8, 4) is 11.7 Å².